The molecule has 0 aromatic heterocycles. The first-order valence-electron chi connectivity index (χ1n) is 5.44. The molecule has 0 heterocycles. The normalized spacial score (nSPS) is 27.8. The molecule has 1 fully saturated rings. The van der Waals surface area contributed by atoms with Gasteiger partial charge in [-0.3, -0.25) is 4.79 Å². The maximum atomic E-state index is 11.3. The predicted molar refractivity (Wildman–Crippen MR) is 58.2 cm³/mol. The van der Waals surface area contributed by atoms with Crippen molar-refractivity contribution in [1.82, 2.24) is 9.80 Å². The monoisotopic (exact) mass is 198 g/mol. The first-order chi connectivity index (χ1) is 6.54. The molecule has 0 radical (unpaired) electrons. The first kappa shape index (κ1) is 11.5. The average Bonchev–Trinajstić information content (AvgIpc) is 2.16. The molecule has 0 aromatic rings. The van der Waals surface area contributed by atoms with E-state index in [2.05, 4.69) is 19.0 Å². The molecular weight excluding hydrogens is 176 g/mol. The molecule has 1 saturated carbocycles. The van der Waals surface area contributed by atoms with Crippen molar-refractivity contribution in [3.8, 4) is 0 Å². The van der Waals surface area contributed by atoms with E-state index in [1.165, 1.54) is 19.3 Å². The third kappa shape index (κ3) is 2.47. The summed E-state index contributed by atoms with van der Waals surface area (Å²) in [4.78, 5) is 15.5. The Morgan fingerprint density at radius 1 is 1.07 bits per heavy atom. The van der Waals surface area contributed by atoms with Gasteiger partial charge in [-0.05, 0) is 26.9 Å². The summed E-state index contributed by atoms with van der Waals surface area (Å²) in [6, 6.07) is 0.953. The standard InChI is InChI=1S/C11H22N2O/c1-9(14)13(4)11-8-6-5-7-10(11)12(2)3/h10-11H,5-8H2,1-4H3. The van der Waals surface area contributed by atoms with Gasteiger partial charge in [0.25, 0.3) is 0 Å². The van der Waals surface area contributed by atoms with Crippen LogP contribution in [0.4, 0.5) is 0 Å². The molecule has 0 saturated heterocycles. The second-order valence-electron chi connectivity index (χ2n) is 4.51. The summed E-state index contributed by atoms with van der Waals surface area (Å²) in [5, 5.41) is 0. The van der Waals surface area contributed by atoms with E-state index in [0.29, 0.717) is 12.1 Å². The van der Waals surface area contributed by atoms with E-state index in [1.807, 2.05) is 11.9 Å². The van der Waals surface area contributed by atoms with Gasteiger partial charge < -0.3 is 9.80 Å². The van der Waals surface area contributed by atoms with Crippen LogP contribution in [0.5, 0.6) is 0 Å². The van der Waals surface area contributed by atoms with Crippen molar-refractivity contribution in [1.29, 1.82) is 0 Å². The van der Waals surface area contributed by atoms with Crippen LogP contribution < -0.4 is 0 Å². The quantitative estimate of drug-likeness (QED) is 0.668. The number of likely N-dealkylation sites (N-methyl/N-ethyl adjacent to an activating group) is 2. The second-order valence-corrected chi connectivity index (χ2v) is 4.51. The highest BCUT2D eigenvalue weighted by Gasteiger charge is 2.30. The molecule has 82 valence electrons. The van der Waals surface area contributed by atoms with Gasteiger partial charge in [0.15, 0.2) is 0 Å². The minimum Gasteiger partial charge on any atom is -0.341 e. The van der Waals surface area contributed by atoms with Crippen LogP contribution in [-0.4, -0.2) is 48.9 Å². The largest absolute Gasteiger partial charge is 0.341 e. The minimum absolute atomic E-state index is 0.184. The molecule has 1 amide bonds. The van der Waals surface area contributed by atoms with Crippen LogP contribution in [0, 0.1) is 0 Å². The SMILES string of the molecule is CC(=O)N(C)C1CCCCC1N(C)C. The molecule has 0 aromatic carbocycles. The van der Waals surface area contributed by atoms with Crippen LogP contribution in [0.3, 0.4) is 0 Å². The number of carbonyl (C=O) groups excluding carboxylic acids is 1. The molecule has 1 aliphatic rings. The highest BCUT2D eigenvalue weighted by molar-refractivity contribution is 5.73. The van der Waals surface area contributed by atoms with Gasteiger partial charge >= 0.3 is 0 Å². The minimum atomic E-state index is 0.184. The Labute approximate surface area is 87.1 Å². The summed E-state index contributed by atoms with van der Waals surface area (Å²) in [7, 11) is 6.14. The van der Waals surface area contributed by atoms with Crippen molar-refractivity contribution >= 4 is 5.91 Å². The van der Waals surface area contributed by atoms with Gasteiger partial charge in [-0.15, -0.1) is 0 Å². The van der Waals surface area contributed by atoms with Crippen LogP contribution in [-0.2, 0) is 4.79 Å². The maximum Gasteiger partial charge on any atom is 0.219 e. The van der Waals surface area contributed by atoms with Crippen LogP contribution in [0.2, 0.25) is 0 Å². The van der Waals surface area contributed by atoms with Crippen molar-refractivity contribution < 1.29 is 4.79 Å². The number of hydrogen-bond acceptors (Lipinski definition) is 2. The Hall–Kier alpha value is -0.570. The Morgan fingerprint density at radius 2 is 1.57 bits per heavy atom. The van der Waals surface area contributed by atoms with E-state index in [4.69, 9.17) is 0 Å². The number of nitrogens with zero attached hydrogens (tertiary/aromatic N) is 2. The van der Waals surface area contributed by atoms with E-state index < -0.39 is 0 Å². The fourth-order valence-corrected chi connectivity index (χ4v) is 2.38. The van der Waals surface area contributed by atoms with E-state index in [9.17, 15) is 4.79 Å². The van der Waals surface area contributed by atoms with Crippen LogP contribution in [0.25, 0.3) is 0 Å². The third-order valence-corrected chi connectivity index (χ3v) is 3.35. The lowest BCUT2D eigenvalue weighted by Crippen LogP contribution is -2.51. The highest BCUT2D eigenvalue weighted by atomic mass is 16.2. The number of amides is 1. The molecule has 2 unspecified atom stereocenters. The van der Waals surface area contributed by atoms with Gasteiger partial charge in [-0.25, -0.2) is 0 Å². The molecule has 3 heteroatoms. The fourth-order valence-electron chi connectivity index (χ4n) is 2.38. The Kier molecular flexibility index (Phi) is 3.93. The average molecular weight is 198 g/mol. The molecule has 0 spiro atoms. The summed E-state index contributed by atoms with van der Waals surface area (Å²) >= 11 is 0. The molecule has 3 nitrogen and oxygen atoms in total. The van der Waals surface area contributed by atoms with E-state index in [1.54, 1.807) is 6.92 Å². The van der Waals surface area contributed by atoms with Gasteiger partial charge in [0.05, 0.1) is 0 Å². The van der Waals surface area contributed by atoms with Crippen molar-refractivity contribution in [3.05, 3.63) is 0 Å². The molecule has 0 aliphatic heterocycles. The van der Waals surface area contributed by atoms with Crippen molar-refractivity contribution in [2.75, 3.05) is 21.1 Å². The molecule has 2 atom stereocenters. The molecule has 14 heavy (non-hydrogen) atoms. The van der Waals surface area contributed by atoms with E-state index in [0.717, 1.165) is 6.42 Å². The van der Waals surface area contributed by atoms with Gasteiger partial charge in [0.2, 0.25) is 5.91 Å². The lowest BCUT2D eigenvalue weighted by atomic mass is 9.88. The summed E-state index contributed by atoms with van der Waals surface area (Å²) in [5.41, 5.74) is 0. The molecule has 1 rings (SSSR count). The smallest absolute Gasteiger partial charge is 0.219 e. The zero-order chi connectivity index (χ0) is 10.7. The lowest BCUT2D eigenvalue weighted by Gasteiger charge is -2.40. The van der Waals surface area contributed by atoms with Crippen molar-refractivity contribution in [3.63, 3.8) is 0 Å². The summed E-state index contributed by atoms with van der Waals surface area (Å²) in [6.07, 6.45) is 4.92. The summed E-state index contributed by atoms with van der Waals surface area (Å²) in [5.74, 6) is 0.184. The number of hydrogen-bond donors (Lipinski definition) is 0. The second kappa shape index (κ2) is 4.78. The van der Waals surface area contributed by atoms with Crippen LogP contribution in [0.15, 0.2) is 0 Å². The fraction of sp³-hybridized carbons (Fsp3) is 0.909. The Bertz CT molecular complexity index is 203. The highest BCUT2D eigenvalue weighted by Crippen LogP contribution is 2.25. The van der Waals surface area contributed by atoms with E-state index >= 15 is 0 Å². The zero-order valence-electron chi connectivity index (χ0n) is 9.79. The lowest BCUT2D eigenvalue weighted by molar-refractivity contribution is -0.131. The zero-order valence-corrected chi connectivity index (χ0v) is 9.79. The van der Waals surface area contributed by atoms with Crippen molar-refractivity contribution in [2.24, 2.45) is 0 Å². The maximum absolute atomic E-state index is 11.3. The molecule has 0 N–H and O–H groups in total. The molecule has 1 aliphatic carbocycles. The predicted octanol–water partition coefficient (Wildman–Crippen LogP) is 1.34. The van der Waals surface area contributed by atoms with Crippen molar-refractivity contribution in [2.45, 2.75) is 44.7 Å². The number of carbonyl (C=O) groups is 1. The Balaban J connectivity index is 2.67. The van der Waals surface area contributed by atoms with Gasteiger partial charge in [-0.2, -0.15) is 0 Å². The molecular formula is C11H22N2O. The van der Waals surface area contributed by atoms with E-state index in [-0.39, 0.29) is 5.91 Å². The summed E-state index contributed by atoms with van der Waals surface area (Å²) < 4.78 is 0. The van der Waals surface area contributed by atoms with Gasteiger partial charge in [0, 0.05) is 26.1 Å². The summed E-state index contributed by atoms with van der Waals surface area (Å²) in [6.45, 7) is 1.65. The van der Waals surface area contributed by atoms with Gasteiger partial charge in [0.1, 0.15) is 0 Å². The number of rotatable bonds is 2. The van der Waals surface area contributed by atoms with Gasteiger partial charge in [-0.1, -0.05) is 12.8 Å². The van der Waals surface area contributed by atoms with Crippen LogP contribution >= 0.6 is 0 Å². The Morgan fingerprint density at radius 3 is 2.00 bits per heavy atom. The third-order valence-electron chi connectivity index (χ3n) is 3.35. The van der Waals surface area contributed by atoms with Crippen LogP contribution in [0.1, 0.15) is 32.6 Å². The molecule has 0 bridgehead atoms. The topological polar surface area (TPSA) is 23.6 Å². The first-order valence-corrected chi connectivity index (χ1v) is 5.44.